The molecule has 0 spiro atoms. The number of nitrogens with zero attached hydrogens (tertiary/aromatic N) is 1. The first-order chi connectivity index (χ1) is 8.51. The highest BCUT2D eigenvalue weighted by molar-refractivity contribution is 7.92. The number of anilines is 2. The van der Waals surface area contributed by atoms with Gasteiger partial charge in [-0.05, 0) is 12.1 Å². The van der Waals surface area contributed by atoms with Crippen LogP contribution in [0.4, 0.5) is 15.8 Å². The summed E-state index contributed by atoms with van der Waals surface area (Å²) in [6.45, 7) is 0. The Morgan fingerprint density at radius 1 is 1.05 bits per heavy atom. The van der Waals surface area contributed by atoms with Crippen molar-refractivity contribution >= 4 is 31.6 Å². The second-order valence-corrected chi connectivity index (χ2v) is 7.59. The van der Waals surface area contributed by atoms with Crippen molar-refractivity contribution in [2.24, 2.45) is 0 Å². The molecule has 108 valence electrons. The van der Waals surface area contributed by atoms with Gasteiger partial charge in [-0.25, -0.2) is 12.8 Å². The van der Waals surface area contributed by atoms with Gasteiger partial charge in [-0.15, -0.1) is 0 Å². The van der Waals surface area contributed by atoms with Crippen molar-refractivity contribution in [3.8, 4) is 0 Å². The normalized spacial score (nSPS) is 12.5. The number of benzene rings is 1. The van der Waals surface area contributed by atoms with Crippen molar-refractivity contribution in [2.45, 2.75) is 0 Å². The number of rotatable bonds is 5. The molecule has 0 heterocycles. The average molecular weight is 311 g/mol. The van der Waals surface area contributed by atoms with Crippen LogP contribution in [0, 0.1) is 5.82 Å². The highest BCUT2D eigenvalue weighted by Crippen LogP contribution is 2.25. The van der Waals surface area contributed by atoms with Crippen LogP contribution in [0.5, 0.6) is 0 Å². The Hall–Kier alpha value is -1.39. The molecular formula is C9H14FN3O4S2. The molecule has 10 heteroatoms. The molecule has 0 aliphatic carbocycles. The van der Waals surface area contributed by atoms with Crippen molar-refractivity contribution in [3.63, 3.8) is 0 Å². The van der Waals surface area contributed by atoms with Crippen molar-refractivity contribution in [1.29, 1.82) is 0 Å². The van der Waals surface area contributed by atoms with Gasteiger partial charge in [0.25, 0.3) is 0 Å². The number of sulfonamides is 1. The molecule has 7 nitrogen and oxygen atoms in total. The lowest BCUT2D eigenvalue weighted by Crippen LogP contribution is -2.29. The molecule has 0 saturated carbocycles. The number of nitrogens with one attached hydrogen (secondary N) is 2. The van der Waals surface area contributed by atoms with E-state index >= 15 is 0 Å². The Kier molecular flexibility index (Phi) is 4.38. The summed E-state index contributed by atoms with van der Waals surface area (Å²) in [5, 5.41) is 0. The van der Waals surface area contributed by atoms with Gasteiger partial charge in [-0.3, -0.25) is 9.44 Å². The van der Waals surface area contributed by atoms with Crippen LogP contribution in [0.3, 0.4) is 0 Å². The van der Waals surface area contributed by atoms with E-state index in [1.165, 1.54) is 14.1 Å². The molecule has 19 heavy (non-hydrogen) atoms. The monoisotopic (exact) mass is 311 g/mol. The van der Waals surface area contributed by atoms with E-state index in [2.05, 4.69) is 9.44 Å². The lowest BCUT2D eigenvalue weighted by atomic mass is 10.3. The highest BCUT2D eigenvalue weighted by atomic mass is 32.2. The zero-order chi connectivity index (χ0) is 14.8. The van der Waals surface area contributed by atoms with Gasteiger partial charge in [0.2, 0.25) is 10.0 Å². The van der Waals surface area contributed by atoms with Crippen LogP contribution in [0.25, 0.3) is 0 Å². The van der Waals surface area contributed by atoms with Crippen LogP contribution < -0.4 is 9.44 Å². The van der Waals surface area contributed by atoms with Gasteiger partial charge in [0, 0.05) is 20.2 Å². The van der Waals surface area contributed by atoms with Gasteiger partial charge in [-0.2, -0.15) is 12.7 Å². The molecule has 0 amide bonds. The molecule has 0 aliphatic rings. The summed E-state index contributed by atoms with van der Waals surface area (Å²) in [5.41, 5.74) is -0.256. The predicted octanol–water partition coefficient (Wildman–Crippen LogP) is 0.416. The maximum Gasteiger partial charge on any atom is 0.301 e. The van der Waals surface area contributed by atoms with Gasteiger partial charge in [0.1, 0.15) is 5.82 Å². The Morgan fingerprint density at radius 3 is 2.11 bits per heavy atom. The molecule has 0 fully saturated rings. The fraction of sp³-hybridized carbons (Fsp3) is 0.333. The molecule has 0 bridgehead atoms. The summed E-state index contributed by atoms with van der Waals surface area (Å²) in [7, 11) is -4.91. The third-order valence-corrected chi connectivity index (χ3v) is 4.03. The third kappa shape index (κ3) is 4.65. The van der Waals surface area contributed by atoms with Gasteiger partial charge < -0.3 is 0 Å². The molecule has 1 aromatic carbocycles. The number of hydrogen-bond acceptors (Lipinski definition) is 4. The van der Waals surface area contributed by atoms with E-state index < -0.39 is 26.0 Å². The first-order valence-electron chi connectivity index (χ1n) is 4.99. The third-order valence-electron chi connectivity index (χ3n) is 2.00. The van der Waals surface area contributed by atoms with E-state index in [1.54, 1.807) is 0 Å². The van der Waals surface area contributed by atoms with Gasteiger partial charge in [0.05, 0.1) is 17.6 Å². The zero-order valence-electron chi connectivity index (χ0n) is 10.5. The van der Waals surface area contributed by atoms with E-state index in [-0.39, 0.29) is 11.4 Å². The van der Waals surface area contributed by atoms with E-state index in [0.717, 1.165) is 28.8 Å². The first-order valence-corrected chi connectivity index (χ1v) is 8.32. The number of halogens is 1. The van der Waals surface area contributed by atoms with Crippen LogP contribution in [-0.2, 0) is 20.2 Å². The highest BCUT2D eigenvalue weighted by Gasteiger charge is 2.17. The molecular weight excluding hydrogens is 297 g/mol. The van der Waals surface area contributed by atoms with Crippen molar-refractivity contribution in [3.05, 3.63) is 24.0 Å². The van der Waals surface area contributed by atoms with E-state index in [9.17, 15) is 21.2 Å². The summed E-state index contributed by atoms with van der Waals surface area (Å²) in [6.07, 6.45) is 0.903. The first kappa shape index (κ1) is 15.7. The fourth-order valence-electron chi connectivity index (χ4n) is 1.12. The summed E-state index contributed by atoms with van der Waals surface area (Å²) in [5.74, 6) is -0.699. The maximum absolute atomic E-state index is 13.1. The van der Waals surface area contributed by atoms with Gasteiger partial charge >= 0.3 is 10.2 Å². The minimum atomic E-state index is -3.86. The van der Waals surface area contributed by atoms with E-state index in [4.69, 9.17) is 0 Å². The average Bonchev–Trinajstić information content (AvgIpc) is 2.19. The quantitative estimate of drug-likeness (QED) is 0.823. The van der Waals surface area contributed by atoms with Crippen molar-refractivity contribution in [2.75, 3.05) is 29.8 Å². The standard InChI is InChI=1S/C9H14FN3O4S2/c1-13(2)19(16,17)12-9-6-7(10)4-5-8(9)11-18(3,14)15/h4-6,11-12H,1-3H3. The Balaban J connectivity index is 3.23. The van der Waals surface area contributed by atoms with Crippen LogP contribution in [0.15, 0.2) is 18.2 Å². The van der Waals surface area contributed by atoms with Crippen molar-refractivity contribution < 1.29 is 21.2 Å². The van der Waals surface area contributed by atoms with E-state index in [1.807, 2.05) is 0 Å². The molecule has 0 saturated heterocycles. The smallest absolute Gasteiger partial charge is 0.282 e. The Morgan fingerprint density at radius 2 is 1.63 bits per heavy atom. The molecule has 0 unspecified atom stereocenters. The fourth-order valence-corrected chi connectivity index (χ4v) is 2.33. The second kappa shape index (κ2) is 5.31. The molecule has 0 radical (unpaired) electrons. The summed E-state index contributed by atoms with van der Waals surface area (Å²) in [6, 6.07) is 3.03. The molecule has 0 atom stereocenters. The largest absolute Gasteiger partial charge is 0.301 e. The predicted molar refractivity (Wildman–Crippen MR) is 71.1 cm³/mol. The molecule has 1 rings (SSSR count). The van der Waals surface area contributed by atoms with Crippen molar-refractivity contribution in [1.82, 2.24) is 4.31 Å². The van der Waals surface area contributed by atoms with Gasteiger partial charge in [0.15, 0.2) is 0 Å². The lowest BCUT2D eigenvalue weighted by Gasteiger charge is -2.16. The SMILES string of the molecule is CN(C)S(=O)(=O)Nc1cc(F)ccc1NS(C)(=O)=O. The Labute approximate surface area is 111 Å². The molecule has 0 aromatic heterocycles. The minimum Gasteiger partial charge on any atom is -0.282 e. The summed E-state index contributed by atoms with van der Waals surface area (Å²) < 4.78 is 63.8. The van der Waals surface area contributed by atoms with Gasteiger partial charge in [-0.1, -0.05) is 0 Å². The Bertz CT molecular complexity index is 671. The number of hydrogen-bond donors (Lipinski definition) is 2. The van der Waals surface area contributed by atoms with Crippen LogP contribution >= 0.6 is 0 Å². The summed E-state index contributed by atoms with van der Waals surface area (Å²) >= 11 is 0. The maximum atomic E-state index is 13.1. The topological polar surface area (TPSA) is 95.6 Å². The van der Waals surface area contributed by atoms with Crippen LogP contribution in [-0.4, -0.2) is 41.5 Å². The van der Waals surface area contributed by atoms with E-state index in [0.29, 0.717) is 0 Å². The molecule has 0 aliphatic heterocycles. The minimum absolute atomic E-state index is 0.0608. The summed E-state index contributed by atoms with van der Waals surface area (Å²) in [4.78, 5) is 0. The van der Waals surface area contributed by atoms with Crippen LogP contribution in [0.1, 0.15) is 0 Å². The molecule has 1 aromatic rings. The molecule has 2 N–H and O–H groups in total. The lowest BCUT2D eigenvalue weighted by molar-refractivity contribution is 0.526. The van der Waals surface area contributed by atoms with Crippen LogP contribution in [0.2, 0.25) is 0 Å². The zero-order valence-corrected chi connectivity index (χ0v) is 12.1. The second-order valence-electron chi connectivity index (χ2n) is 3.95.